The van der Waals surface area contributed by atoms with Crippen molar-refractivity contribution in [2.45, 2.75) is 32.0 Å². The molecule has 0 spiro atoms. The average molecular weight is 406 g/mol. The SMILES string of the molecule is CC(C(=O)OC(CC(=O)O)C[N+](C)(C)C)C(=O)OC(CC(=O)O)C[N+](C)(C)C. The molecule has 0 saturated heterocycles. The highest BCUT2D eigenvalue weighted by atomic mass is 16.6. The summed E-state index contributed by atoms with van der Waals surface area (Å²) in [5.41, 5.74) is 0. The van der Waals surface area contributed by atoms with E-state index in [-0.39, 0.29) is 25.9 Å². The van der Waals surface area contributed by atoms with E-state index in [2.05, 4.69) is 0 Å². The summed E-state index contributed by atoms with van der Waals surface area (Å²) in [6.07, 6.45) is -2.57. The van der Waals surface area contributed by atoms with Gasteiger partial charge in [-0.25, -0.2) is 0 Å². The van der Waals surface area contributed by atoms with Gasteiger partial charge in [-0.05, 0) is 6.92 Å². The Kier molecular flexibility index (Phi) is 9.56. The number of rotatable bonds is 12. The fourth-order valence-electron chi connectivity index (χ4n) is 2.53. The quantitative estimate of drug-likeness (QED) is 0.259. The summed E-state index contributed by atoms with van der Waals surface area (Å²) >= 11 is 0. The average Bonchev–Trinajstić information content (AvgIpc) is 2.40. The molecule has 0 aromatic heterocycles. The van der Waals surface area contributed by atoms with Gasteiger partial charge in [-0.3, -0.25) is 19.2 Å². The van der Waals surface area contributed by atoms with Gasteiger partial charge in [0.1, 0.15) is 13.1 Å². The third-order valence-electron chi connectivity index (χ3n) is 3.58. The van der Waals surface area contributed by atoms with Crippen molar-refractivity contribution in [3.8, 4) is 0 Å². The molecule has 0 aromatic rings. The predicted octanol–water partition coefficient (Wildman–Crippen LogP) is -0.192. The van der Waals surface area contributed by atoms with Crippen molar-refractivity contribution in [2.24, 2.45) is 5.92 Å². The molecule has 0 fully saturated rings. The number of hydrogen-bond acceptors (Lipinski definition) is 6. The second-order valence-electron chi connectivity index (χ2n) is 8.98. The van der Waals surface area contributed by atoms with Crippen molar-refractivity contribution in [3.05, 3.63) is 0 Å². The highest BCUT2D eigenvalue weighted by molar-refractivity contribution is 5.94. The molecule has 28 heavy (non-hydrogen) atoms. The Morgan fingerprint density at radius 2 is 1.00 bits per heavy atom. The van der Waals surface area contributed by atoms with Gasteiger partial charge in [0.25, 0.3) is 0 Å². The van der Waals surface area contributed by atoms with E-state index in [1.165, 1.54) is 6.92 Å². The number of carboxylic acids is 2. The van der Waals surface area contributed by atoms with Crippen molar-refractivity contribution in [1.82, 2.24) is 0 Å². The van der Waals surface area contributed by atoms with E-state index in [4.69, 9.17) is 19.7 Å². The van der Waals surface area contributed by atoms with Crippen LogP contribution in [0.1, 0.15) is 19.8 Å². The lowest BCUT2D eigenvalue weighted by atomic mass is 10.1. The van der Waals surface area contributed by atoms with Crippen LogP contribution in [0.25, 0.3) is 0 Å². The third-order valence-corrected chi connectivity index (χ3v) is 3.58. The van der Waals surface area contributed by atoms with Crippen LogP contribution >= 0.6 is 0 Å². The number of ether oxygens (including phenoxy) is 2. The Morgan fingerprint density at radius 1 is 0.714 bits per heavy atom. The number of aliphatic carboxylic acids is 2. The molecule has 2 N–H and O–H groups in total. The summed E-state index contributed by atoms with van der Waals surface area (Å²) in [5, 5.41) is 18.0. The van der Waals surface area contributed by atoms with E-state index in [1.807, 2.05) is 42.3 Å². The van der Waals surface area contributed by atoms with E-state index in [9.17, 15) is 19.2 Å². The van der Waals surface area contributed by atoms with Gasteiger partial charge in [0.05, 0.1) is 55.1 Å². The maximum absolute atomic E-state index is 12.3. The molecule has 0 amide bonds. The lowest BCUT2D eigenvalue weighted by molar-refractivity contribution is -0.873. The van der Waals surface area contributed by atoms with E-state index < -0.39 is 42.0 Å². The molecule has 10 heteroatoms. The second-order valence-corrected chi connectivity index (χ2v) is 8.98. The molecule has 0 aromatic carbocycles. The van der Waals surface area contributed by atoms with Gasteiger partial charge in [-0.15, -0.1) is 0 Å². The van der Waals surface area contributed by atoms with Crippen molar-refractivity contribution >= 4 is 23.9 Å². The zero-order valence-electron chi connectivity index (χ0n) is 17.8. The highest BCUT2D eigenvalue weighted by Crippen LogP contribution is 2.13. The monoisotopic (exact) mass is 406 g/mol. The third kappa shape index (κ3) is 12.2. The van der Waals surface area contributed by atoms with Crippen LogP contribution in [0.15, 0.2) is 0 Å². The topological polar surface area (TPSA) is 127 Å². The summed E-state index contributed by atoms with van der Waals surface area (Å²) in [5.74, 6) is -5.34. The maximum Gasteiger partial charge on any atom is 0.320 e. The van der Waals surface area contributed by atoms with Gasteiger partial charge in [-0.2, -0.15) is 0 Å². The molecular formula is C18H34N2O8+2. The number of carboxylic acid groups (broad SMARTS) is 2. The number of carbonyl (C=O) groups is 4. The van der Waals surface area contributed by atoms with Gasteiger partial charge < -0.3 is 28.7 Å². The van der Waals surface area contributed by atoms with Crippen LogP contribution in [0.2, 0.25) is 0 Å². The van der Waals surface area contributed by atoms with Gasteiger partial charge in [-0.1, -0.05) is 0 Å². The number of carbonyl (C=O) groups excluding carboxylic acids is 2. The molecule has 0 heterocycles. The van der Waals surface area contributed by atoms with Gasteiger partial charge >= 0.3 is 23.9 Å². The molecule has 0 aliphatic heterocycles. The first-order valence-electron chi connectivity index (χ1n) is 8.95. The number of likely N-dealkylation sites (N-methyl/N-ethyl adjacent to an activating group) is 2. The first-order chi connectivity index (χ1) is 12.5. The van der Waals surface area contributed by atoms with Gasteiger partial charge in [0.15, 0.2) is 18.1 Å². The lowest BCUT2D eigenvalue weighted by Gasteiger charge is -2.30. The summed E-state index contributed by atoms with van der Waals surface area (Å²) in [7, 11) is 10.9. The maximum atomic E-state index is 12.3. The molecule has 10 nitrogen and oxygen atoms in total. The minimum Gasteiger partial charge on any atom is -0.481 e. The van der Waals surface area contributed by atoms with Crippen molar-refractivity contribution < 1.29 is 47.8 Å². The fourth-order valence-corrected chi connectivity index (χ4v) is 2.53. The number of hydrogen-bond donors (Lipinski definition) is 2. The second kappa shape index (κ2) is 10.4. The number of quaternary nitrogens is 2. The standard InChI is InChI=1S/C18H32N2O8/c1-12(17(25)27-13(8-15(21)22)10-19(2,3)4)18(26)28-14(9-16(23)24)11-20(5,6)7/h12-14H,8-11H2,1-7H3/p+2. The Labute approximate surface area is 165 Å². The fraction of sp³-hybridized carbons (Fsp3) is 0.778. The summed E-state index contributed by atoms with van der Waals surface area (Å²) in [4.78, 5) is 46.6. The van der Waals surface area contributed by atoms with E-state index in [1.54, 1.807) is 0 Å². The van der Waals surface area contributed by atoms with Crippen LogP contribution < -0.4 is 0 Å². The van der Waals surface area contributed by atoms with Gasteiger partial charge in [0, 0.05) is 0 Å². The molecular weight excluding hydrogens is 372 g/mol. The number of esters is 2. The first kappa shape index (κ1) is 25.8. The van der Waals surface area contributed by atoms with Crippen LogP contribution in [-0.4, -0.2) is 111 Å². The van der Waals surface area contributed by atoms with Crippen LogP contribution in [-0.2, 0) is 28.7 Å². The molecule has 0 aliphatic rings. The van der Waals surface area contributed by atoms with Crippen molar-refractivity contribution in [2.75, 3.05) is 55.4 Å². The zero-order chi connectivity index (χ0) is 22.3. The van der Waals surface area contributed by atoms with E-state index in [0.29, 0.717) is 8.97 Å². The van der Waals surface area contributed by atoms with E-state index >= 15 is 0 Å². The van der Waals surface area contributed by atoms with Crippen molar-refractivity contribution in [3.63, 3.8) is 0 Å². The molecule has 0 rings (SSSR count). The molecule has 2 atom stereocenters. The first-order valence-corrected chi connectivity index (χ1v) is 8.95. The van der Waals surface area contributed by atoms with E-state index in [0.717, 1.165) is 0 Å². The Bertz CT molecular complexity index is 527. The zero-order valence-corrected chi connectivity index (χ0v) is 17.8. The molecule has 0 radical (unpaired) electrons. The molecule has 162 valence electrons. The molecule has 0 bridgehead atoms. The van der Waals surface area contributed by atoms with Crippen LogP contribution in [0.4, 0.5) is 0 Å². The largest absolute Gasteiger partial charge is 0.481 e. The Balaban J connectivity index is 5.06. The summed E-state index contributed by atoms with van der Waals surface area (Å²) < 4.78 is 11.2. The van der Waals surface area contributed by atoms with Gasteiger partial charge in [0.2, 0.25) is 0 Å². The van der Waals surface area contributed by atoms with Crippen LogP contribution in [0.5, 0.6) is 0 Å². The van der Waals surface area contributed by atoms with Crippen LogP contribution in [0, 0.1) is 5.92 Å². The lowest BCUT2D eigenvalue weighted by Crippen LogP contribution is -2.46. The molecule has 0 aliphatic carbocycles. The van der Waals surface area contributed by atoms with Crippen LogP contribution in [0.3, 0.4) is 0 Å². The van der Waals surface area contributed by atoms with Crippen molar-refractivity contribution in [1.29, 1.82) is 0 Å². The Morgan fingerprint density at radius 3 is 1.21 bits per heavy atom. The Hall–Kier alpha value is -2.20. The smallest absolute Gasteiger partial charge is 0.320 e. The highest BCUT2D eigenvalue weighted by Gasteiger charge is 2.33. The summed E-state index contributed by atoms with van der Waals surface area (Å²) in [6.45, 7) is 1.80. The minimum atomic E-state index is -1.30. The molecule has 2 unspecified atom stereocenters. The normalized spacial score (nSPS) is 15.2. The minimum absolute atomic E-state index is 0.253. The number of nitrogens with zero attached hydrogens (tertiary/aromatic N) is 2. The summed E-state index contributed by atoms with van der Waals surface area (Å²) in [6, 6.07) is 0. The predicted molar refractivity (Wildman–Crippen MR) is 99.2 cm³/mol. The molecule has 0 saturated carbocycles.